The third-order valence-electron chi connectivity index (χ3n) is 6.63. The summed E-state index contributed by atoms with van der Waals surface area (Å²) in [5, 5.41) is 0. The van der Waals surface area contributed by atoms with E-state index >= 15 is 0 Å². The van der Waals surface area contributed by atoms with Crippen molar-refractivity contribution in [2.45, 2.75) is 168 Å². The first-order chi connectivity index (χ1) is 15.8. The lowest BCUT2D eigenvalue weighted by Gasteiger charge is -2.35. The van der Waals surface area contributed by atoms with E-state index in [1.165, 1.54) is 77.0 Å². The molecule has 0 spiro atoms. The van der Waals surface area contributed by atoms with Crippen LogP contribution in [0.25, 0.3) is 0 Å². The van der Waals surface area contributed by atoms with Gasteiger partial charge in [0.15, 0.2) is 0 Å². The van der Waals surface area contributed by atoms with Crippen molar-refractivity contribution in [2.75, 3.05) is 0 Å². The second-order valence-corrected chi connectivity index (χ2v) is 14.6. The van der Waals surface area contributed by atoms with Gasteiger partial charge in [0, 0.05) is 23.9 Å². The van der Waals surface area contributed by atoms with Gasteiger partial charge in [-0.1, -0.05) is 131 Å². The van der Waals surface area contributed by atoms with Crippen LogP contribution in [0.15, 0.2) is 0 Å². The first-order valence-electron chi connectivity index (χ1n) is 14.2. The Kier molecular flexibility index (Phi) is 20.0. The van der Waals surface area contributed by atoms with Crippen LogP contribution in [0.2, 0.25) is 11.1 Å². The zero-order valence-corrected chi connectivity index (χ0v) is 24.0. The van der Waals surface area contributed by atoms with E-state index in [0.717, 1.165) is 25.7 Å². The summed E-state index contributed by atoms with van der Waals surface area (Å²) >= 11 is 0. The maximum absolute atomic E-state index is 12.7. The molecule has 0 rings (SSSR count). The van der Waals surface area contributed by atoms with E-state index in [0.29, 0.717) is 12.8 Å². The molecule has 0 atom stereocenters. The first kappa shape index (κ1) is 32.2. The van der Waals surface area contributed by atoms with Gasteiger partial charge >= 0.3 is 8.56 Å². The molecule has 0 N–H and O–H groups in total. The molecule has 0 aromatic rings. The van der Waals surface area contributed by atoms with Gasteiger partial charge in [-0.05, 0) is 12.8 Å². The molecule has 0 aliphatic rings. The summed E-state index contributed by atoms with van der Waals surface area (Å²) < 4.78 is 12.1. The largest absolute Gasteiger partial charge is 0.484 e. The lowest BCUT2D eigenvalue weighted by molar-refractivity contribution is -0.142. The predicted molar refractivity (Wildman–Crippen MR) is 143 cm³/mol. The third kappa shape index (κ3) is 15.6. The van der Waals surface area contributed by atoms with Gasteiger partial charge < -0.3 is 8.85 Å². The molecule has 0 radical (unpaired) electrons. The van der Waals surface area contributed by atoms with Gasteiger partial charge in [0.05, 0.1) is 0 Å². The van der Waals surface area contributed by atoms with Gasteiger partial charge in [0.1, 0.15) is 0 Å². The quantitative estimate of drug-likeness (QED) is 0.113. The topological polar surface area (TPSA) is 52.6 Å². The fourth-order valence-electron chi connectivity index (χ4n) is 4.42. The molecule has 0 fully saturated rings. The minimum atomic E-state index is -2.96. The van der Waals surface area contributed by atoms with E-state index in [2.05, 4.69) is 13.8 Å². The summed E-state index contributed by atoms with van der Waals surface area (Å²) in [6, 6.07) is 0. The molecule has 4 nitrogen and oxygen atoms in total. The second kappa shape index (κ2) is 20.5. The summed E-state index contributed by atoms with van der Waals surface area (Å²) in [6.07, 6.45) is 20.0. The normalized spacial score (nSPS) is 11.9. The highest BCUT2D eigenvalue weighted by atomic mass is 28.4. The van der Waals surface area contributed by atoms with Crippen LogP contribution in [0.3, 0.4) is 0 Å². The van der Waals surface area contributed by atoms with Crippen LogP contribution in [0.4, 0.5) is 0 Å². The van der Waals surface area contributed by atoms with Gasteiger partial charge in [0.25, 0.3) is 11.9 Å². The molecule has 0 aromatic heterocycles. The summed E-state index contributed by atoms with van der Waals surface area (Å²) in [4.78, 5) is 25.3. The highest BCUT2D eigenvalue weighted by Crippen LogP contribution is 2.35. The van der Waals surface area contributed by atoms with Crippen molar-refractivity contribution in [1.82, 2.24) is 0 Å². The Morgan fingerprint density at radius 1 is 0.515 bits per heavy atom. The van der Waals surface area contributed by atoms with Crippen molar-refractivity contribution in [1.29, 1.82) is 0 Å². The number of rotatable bonds is 22. The predicted octanol–water partition coefficient (Wildman–Crippen LogP) is 9.40. The molecule has 0 bridgehead atoms. The van der Waals surface area contributed by atoms with Crippen LogP contribution in [0.5, 0.6) is 0 Å². The molecular weight excluding hydrogens is 428 g/mol. The van der Waals surface area contributed by atoms with Gasteiger partial charge in [-0.25, -0.2) is 0 Å². The number of carbonyl (C=O) groups is 2. The Morgan fingerprint density at radius 3 is 1.06 bits per heavy atom. The van der Waals surface area contributed by atoms with E-state index in [1.54, 1.807) is 0 Å². The molecular formula is C28H56O4Si. The highest BCUT2D eigenvalue weighted by Gasteiger charge is 2.51. The van der Waals surface area contributed by atoms with Crippen molar-refractivity contribution in [2.24, 2.45) is 0 Å². The summed E-state index contributed by atoms with van der Waals surface area (Å²) in [7, 11) is -2.96. The van der Waals surface area contributed by atoms with Gasteiger partial charge in [0.2, 0.25) is 0 Å². The molecule has 0 aliphatic carbocycles. The van der Waals surface area contributed by atoms with E-state index in [1.807, 2.05) is 27.7 Å². The van der Waals surface area contributed by atoms with Crippen LogP contribution < -0.4 is 0 Å². The monoisotopic (exact) mass is 484 g/mol. The van der Waals surface area contributed by atoms with Crippen LogP contribution in [-0.2, 0) is 18.4 Å². The van der Waals surface area contributed by atoms with Gasteiger partial charge in [-0.15, -0.1) is 0 Å². The highest BCUT2D eigenvalue weighted by molar-refractivity contribution is 6.73. The van der Waals surface area contributed by atoms with Crippen LogP contribution in [-0.4, -0.2) is 20.5 Å². The van der Waals surface area contributed by atoms with Crippen molar-refractivity contribution in [3.63, 3.8) is 0 Å². The molecule has 0 aromatic carbocycles. The van der Waals surface area contributed by atoms with Crippen LogP contribution >= 0.6 is 0 Å². The number of hydrogen-bond donors (Lipinski definition) is 0. The Bertz CT molecular complexity index is 446. The molecule has 0 aliphatic heterocycles. The van der Waals surface area contributed by atoms with E-state index < -0.39 is 8.56 Å². The lowest BCUT2D eigenvalue weighted by Crippen LogP contribution is -2.51. The minimum absolute atomic E-state index is 0.0440. The summed E-state index contributed by atoms with van der Waals surface area (Å²) in [5.74, 6) is -0.371. The van der Waals surface area contributed by atoms with Gasteiger partial charge in [-0.2, -0.15) is 0 Å². The molecule has 0 saturated heterocycles. The lowest BCUT2D eigenvalue weighted by atomic mass is 10.1. The number of hydrogen-bond acceptors (Lipinski definition) is 4. The molecule has 0 heterocycles. The Hall–Kier alpha value is -0.843. The summed E-state index contributed by atoms with van der Waals surface area (Å²) in [6.45, 7) is 12.6. The van der Waals surface area contributed by atoms with E-state index in [9.17, 15) is 9.59 Å². The smallest absolute Gasteiger partial charge is 0.469 e. The van der Waals surface area contributed by atoms with Crippen molar-refractivity contribution < 1.29 is 18.4 Å². The number of unbranched alkanes of at least 4 members (excludes halogenated alkanes) is 14. The Labute approximate surface area is 207 Å². The molecule has 5 heteroatoms. The SMILES string of the molecule is CCCCCCCCCCC(=O)O[Si](OC(=O)CCCCCCCCCC)(C(C)C)C(C)C. The van der Waals surface area contributed by atoms with Gasteiger partial charge in [-0.3, -0.25) is 9.59 Å². The number of carbonyl (C=O) groups excluding carboxylic acids is 2. The molecule has 0 saturated carbocycles. The minimum Gasteiger partial charge on any atom is -0.484 e. The average Bonchev–Trinajstić information content (AvgIpc) is 2.76. The van der Waals surface area contributed by atoms with Crippen LogP contribution in [0.1, 0.15) is 157 Å². The van der Waals surface area contributed by atoms with E-state index in [-0.39, 0.29) is 23.0 Å². The fourth-order valence-corrected chi connectivity index (χ4v) is 7.66. The first-order valence-corrected chi connectivity index (χ1v) is 16.2. The molecule has 196 valence electrons. The third-order valence-corrected chi connectivity index (χ3v) is 10.9. The average molecular weight is 485 g/mol. The maximum Gasteiger partial charge on any atom is 0.469 e. The van der Waals surface area contributed by atoms with Crippen molar-refractivity contribution in [3.05, 3.63) is 0 Å². The Morgan fingerprint density at radius 2 is 0.788 bits per heavy atom. The standard InChI is InChI=1S/C28H56O4Si/c1-7-9-11-13-15-17-19-21-23-27(29)31-33(25(3)4,26(5)6)32-28(30)24-22-20-18-16-14-12-10-8-2/h25-26H,7-24H2,1-6H3. The molecule has 0 unspecified atom stereocenters. The summed E-state index contributed by atoms with van der Waals surface area (Å²) in [5.41, 5.74) is 0.0880. The molecule has 0 amide bonds. The zero-order valence-electron chi connectivity index (χ0n) is 23.0. The van der Waals surface area contributed by atoms with Crippen molar-refractivity contribution >= 4 is 20.5 Å². The zero-order chi connectivity index (χ0) is 25.0. The Balaban J connectivity index is 4.40. The van der Waals surface area contributed by atoms with Crippen molar-refractivity contribution in [3.8, 4) is 0 Å². The maximum atomic E-state index is 12.7. The second-order valence-electron chi connectivity index (χ2n) is 10.4. The van der Waals surface area contributed by atoms with Crippen LogP contribution in [0, 0.1) is 0 Å². The molecule has 33 heavy (non-hydrogen) atoms. The fraction of sp³-hybridized carbons (Fsp3) is 0.929. The van der Waals surface area contributed by atoms with E-state index in [4.69, 9.17) is 8.85 Å².